The molecule has 0 nitrogen and oxygen atoms in total. The van der Waals surface area contributed by atoms with Crippen molar-refractivity contribution in [2.24, 2.45) is 0 Å². The van der Waals surface area contributed by atoms with E-state index < -0.39 is 0 Å². The summed E-state index contributed by atoms with van der Waals surface area (Å²) in [5.74, 6) is 5.11. The van der Waals surface area contributed by atoms with Crippen LogP contribution in [0.15, 0.2) is 25.4 Å². The second-order valence-electron chi connectivity index (χ2n) is 3.53. The standard InChI is InChI=1S/C10H8S8.ClH/c1-2-12-6-5(11-1)15-9(16-6)10-17-7-8(18-10)14-4-3-13-7;/h1-4H2;1H. The van der Waals surface area contributed by atoms with Crippen molar-refractivity contribution in [1.29, 1.82) is 0 Å². The molecule has 0 radical (unpaired) electrons. The molecule has 19 heavy (non-hydrogen) atoms. The van der Waals surface area contributed by atoms with Crippen LogP contribution in [0.1, 0.15) is 0 Å². The van der Waals surface area contributed by atoms with Gasteiger partial charge in [-0.25, -0.2) is 0 Å². The minimum Gasteiger partial charge on any atom is -0.147 e. The summed E-state index contributed by atoms with van der Waals surface area (Å²) in [4.78, 5) is 0. The Hall–Kier alpha value is 2.31. The second kappa shape index (κ2) is 7.25. The Balaban J connectivity index is 0.00000110. The van der Waals surface area contributed by atoms with E-state index in [2.05, 4.69) is 0 Å². The Labute approximate surface area is 153 Å². The van der Waals surface area contributed by atoms with E-state index in [0.717, 1.165) is 0 Å². The SMILES string of the molecule is C1CSC2=C(S1)SC(=C1SC3=C(SCCS3)S1)S2.Cl. The molecule has 0 aromatic heterocycles. The van der Waals surface area contributed by atoms with Gasteiger partial charge in [0.15, 0.2) is 0 Å². The van der Waals surface area contributed by atoms with E-state index >= 15 is 0 Å². The van der Waals surface area contributed by atoms with Crippen LogP contribution < -0.4 is 0 Å². The van der Waals surface area contributed by atoms with Gasteiger partial charge in [-0.1, -0.05) is 47.0 Å². The smallest absolute Gasteiger partial charge is 0.0717 e. The Bertz CT molecular complexity index is 410. The lowest BCUT2D eigenvalue weighted by atomic mass is 11.0. The van der Waals surface area contributed by atoms with Gasteiger partial charge < -0.3 is 0 Å². The molecule has 0 saturated carbocycles. The average molecular weight is 421 g/mol. The summed E-state index contributed by atoms with van der Waals surface area (Å²) >= 11 is 16.2. The lowest BCUT2D eigenvalue weighted by Gasteiger charge is -2.08. The molecule has 0 aromatic carbocycles. The fraction of sp³-hybridized carbons (Fsp3) is 0.400. The van der Waals surface area contributed by atoms with Crippen molar-refractivity contribution in [3.05, 3.63) is 25.4 Å². The highest BCUT2D eigenvalue weighted by Gasteiger charge is 2.32. The summed E-state index contributed by atoms with van der Waals surface area (Å²) in [5.41, 5.74) is 0. The third kappa shape index (κ3) is 3.47. The molecular formula is C10H9ClS8. The molecular weight excluding hydrogens is 412 g/mol. The van der Waals surface area contributed by atoms with Gasteiger partial charge in [-0.2, -0.15) is 0 Å². The third-order valence-corrected chi connectivity index (χ3v) is 14.4. The van der Waals surface area contributed by atoms with Gasteiger partial charge >= 0.3 is 0 Å². The zero-order valence-corrected chi connectivity index (χ0v) is 16.9. The highest BCUT2D eigenvalue weighted by atomic mass is 35.5. The molecule has 0 spiro atoms. The van der Waals surface area contributed by atoms with Crippen LogP contribution >= 0.6 is 107 Å². The van der Waals surface area contributed by atoms with E-state index in [9.17, 15) is 0 Å². The van der Waals surface area contributed by atoms with E-state index in [-0.39, 0.29) is 12.4 Å². The predicted octanol–water partition coefficient (Wildman–Crippen LogP) is 6.71. The quantitative estimate of drug-likeness (QED) is 0.418. The maximum atomic E-state index is 2.05. The molecule has 0 bridgehead atoms. The minimum atomic E-state index is 0. The number of thioether (sulfide) groups is 8. The van der Waals surface area contributed by atoms with Crippen LogP contribution in [0.2, 0.25) is 0 Å². The monoisotopic (exact) mass is 420 g/mol. The normalized spacial score (nSPS) is 26.5. The second-order valence-corrected chi connectivity index (χ2v) is 13.6. The van der Waals surface area contributed by atoms with Crippen molar-refractivity contribution in [2.45, 2.75) is 0 Å². The van der Waals surface area contributed by atoms with E-state index in [1.54, 1.807) is 16.9 Å². The molecule has 4 aliphatic rings. The van der Waals surface area contributed by atoms with Crippen molar-refractivity contribution < 1.29 is 0 Å². The first-order chi connectivity index (χ1) is 8.90. The lowest BCUT2D eigenvalue weighted by molar-refractivity contribution is 1.56. The molecule has 0 unspecified atom stereocenters. The Morgan fingerprint density at radius 1 is 0.421 bits per heavy atom. The molecule has 0 fully saturated rings. The van der Waals surface area contributed by atoms with Crippen molar-refractivity contribution in [2.75, 3.05) is 23.0 Å². The number of halogens is 1. The van der Waals surface area contributed by atoms with Crippen LogP contribution in [0.4, 0.5) is 0 Å². The van der Waals surface area contributed by atoms with Gasteiger partial charge in [0.2, 0.25) is 0 Å². The van der Waals surface area contributed by atoms with Crippen LogP contribution in [0.25, 0.3) is 0 Å². The minimum absolute atomic E-state index is 0. The van der Waals surface area contributed by atoms with Crippen LogP contribution in [0.3, 0.4) is 0 Å². The molecule has 9 heteroatoms. The van der Waals surface area contributed by atoms with Crippen LogP contribution in [-0.4, -0.2) is 23.0 Å². The summed E-state index contributed by atoms with van der Waals surface area (Å²) in [7, 11) is 0. The Morgan fingerprint density at radius 3 is 0.947 bits per heavy atom. The van der Waals surface area contributed by atoms with Gasteiger partial charge in [0.05, 0.1) is 25.4 Å². The molecule has 104 valence electrons. The fourth-order valence-corrected chi connectivity index (χ4v) is 13.8. The van der Waals surface area contributed by atoms with Crippen molar-refractivity contribution in [3.8, 4) is 0 Å². The largest absolute Gasteiger partial charge is 0.147 e. The average Bonchev–Trinajstić information content (AvgIpc) is 3.02. The molecule has 0 aromatic rings. The highest BCUT2D eigenvalue weighted by molar-refractivity contribution is 8.45. The van der Waals surface area contributed by atoms with E-state index in [1.165, 1.54) is 31.5 Å². The summed E-state index contributed by atoms with van der Waals surface area (Å²) < 4.78 is 9.31. The van der Waals surface area contributed by atoms with Crippen molar-refractivity contribution in [3.63, 3.8) is 0 Å². The first-order valence-corrected chi connectivity index (χ1v) is 12.6. The van der Waals surface area contributed by atoms with Crippen molar-refractivity contribution >= 4 is 107 Å². The lowest BCUT2D eigenvalue weighted by Crippen LogP contribution is -1.88. The topological polar surface area (TPSA) is 0 Å². The predicted molar refractivity (Wildman–Crippen MR) is 109 cm³/mol. The van der Waals surface area contributed by atoms with Gasteiger partial charge in [-0.15, -0.1) is 59.5 Å². The maximum Gasteiger partial charge on any atom is 0.0717 e. The summed E-state index contributed by atoms with van der Waals surface area (Å²) in [5, 5.41) is 0. The maximum absolute atomic E-state index is 2.05. The van der Waals surface area contributed by atoms with E-state index in [1.807, 2.05) is 94.1 Å². The molecule has 0 N–H and O–H groups in total. The zero-order chi connectivity index (χ0) is 11.9. The van der Waals surface area contributed by atoms with Crippen LogP contribution in [-0.2, 0) is 0 Å². The molecule has 0 saturated heterocycles. The van der Waals surface area contributed by atoms with Crippen LogP contribution in [0.5, 0.6) is 0 Å². The van der Waals surface area contributed by atoms with E-state index in [4.69, 9.17) is 0 Å². The van der Waals surface area contributed by atoms with Gasteiger partial charge in [0.1, 0.15) is 0 Å². The Morgan fingerprint density at radius 2 is 0.684 bits per heavy atom. The molecule has 0 aliphatic carbocycles. The highest BCUT2D eigenvalue weighted by Crippen LogP contribution is 2.67. The van der Waals surface area contributed by atoms with Gasteiger partial charge in [-0.3, -0.25) is 0 Å². The van der Waals surface area contributed by atoms with E-state index in [0.29, 0.717) is 0 Å². The van der Waals surface area contributed by atoms with Gasteiger partial charge in [0.25, 0.3) is 0 Å². The molecule has 4 rings (SSSR count). The van der Waals surface area contributed by atoms with Gasteiger partial charge in [0, 0.05) is 23.0 Å². The molecule has 4 heterocycles. The number of hydrogen-bond acceptors (Lipinski definition) is 8. The zero-order valence-electron chi connectivity index (χ0n) is 9.50. The molecule has 0 atom stereocenters. The summed E-state index contributed by atoms with van der Waals surface area (Å²) in [6.45, 7) is 0. The summed E-state index contributed by atoms with van der Waals surface area (Å²) in [6, 6.07) is 0. The number of hydrogen-bond donors (Lipinski definition) is 0. The van der Waals surface area contributed by atoms with Crippen molar-refractivity contribution in [1.82, 2.24) is 0 Å². The first-order valence-electron chi connectivity index (χ1n) is 5.35. The third-order valence-electron chi connectivity index (χ3n) is 2.34. The Kier molecular flexibility index (Phi) is 6.18. The first kappa shape index (κ1) is 16.2. The summed E-state index contributed by atoms with van der Waals surface area (Å²) in [6.07, 6.45) is 0. The fourth-order valence-electron chi connectivity index (χ4n) is 1.60. The molecule has 0 amide bonds. The van der Waals surface area contributed by atoms with Crippen LogP contribution in [0, 0.1) is 0 Å². The number of rotatable bonds is 0. The van der Waals surface area contributed by atoms with Gasteiger partial charge in [-0.05, 0) is 0 Å². The molecule has 4 aliphatic heterocycles.